The van der Waals surface area contributed by atoms with Gasteiger partial charge in [0.1, 0.15) is 5.82 Å². The van der Waals surface area contributed by atoms with Crippen LogP contribution in [0.5, 0.6) is 0 Å². The van der Waals surface area contributed by atoms with Crippen molar-refractivity contribution in [1.29, 1.82) is 0 Å². The molecule has 0 amide bonds. The lowest BCUT2D eigenvalue weighted by atomic mass is 10.2. The summed E-state index contributed by atoms with van der Waals surface area (Å²) >= 11 is 3.43. The smallest absolute Gasteiger partial charge is 0.191 e. The molecule has 0 aromatic heterocycles. The molecule has 5 nitrogen and oxygen atoms in total. The molecule has 0 aliphatic carbocycles. The average molecular weight is 529 g/mol. The van der Waals surface area contributed by atoms with Crippen LogP contribution in [-0.2, 0) is 11.3 Å². The Kier molecular flexibility index (Phi) is 11.6. The number of halogens is 3. The zero-order valence-electron chi connectivity index (χ0n) is 14.6. The first kappa shape index (κ1) is 22.6. The van der Waals surface area contributed by atoms with E-state index >= 15 is 0 Å². The molecule has 25 heavy (non-hydrogen) atoms. The molecule has 1 aliphatic rings. The number of benzene rings is 1. The second-order valence-corrected chi connectivity index (χ2v) is 6.52. The predicted molar refractivity (Wildman–Crippen MR) is 114 cm³/mol. The van der Waals surface area contributed by atoms with Crippen LogP contribution in [0.1, 0.15) is 18.9 Å². The van der Waals surface area contributed by atoms with Gasteiger partial charge in [0.15, 0.2) is 5.96 Å². The van der Waals surface area contributed by atoms with Gasteiger partial charge in [0.25, 0.3) is 0 Å². The summed E-state index contributed by atoms with van der Waals surface area (Å²) in [5, 5.41) is 6.56. The first-order chi connectivity index (χ1) is 11.7. The molecule has 1 fully saturated rings. The number of guanidine groups is 1. The molecular formula is C17H27BrFIN4O. The van der Waals surface area contributed by atoms with Crippen molar-refractivity contribution in [2.75, 3.05) is 45.9 Å². The van der Waals surface area contributed by atoms with Gasteiger partial charge in [-0.05, 0) is 43.7 Å². The lowest BCUT2D eigenvalue weighted by Gasteiger charge is -2.26. The fourth-order valence-electron chi connectivity index (χ4n) is 2.50. The molecule has 1 heterocycles. The number of ether oxygens (including phenoxy) is 1. The molecule has 1 aliphatic heterocycles. The Morgan fingerprint density at radius 2 is 2.08 bits per heavy atom. The van der Waals surface area contributed by atoms with Crippen molar-refractivity contribution in [3.05, 3.63) is 34.1 Å². The van der Waals surface area contributed by atoms with Gasteiger partial charge in [0.2, 0.25) is 0 Å². The van der Waals surface area contributed by atoms with Crippen LogP contribution in [0.15, 0.2) is 27.7 Å². The summed E-state index contributed by atoms with van der Waals surface area (Å²) in [5.41, 5.74) is 0.834. The second-order valence-electron chi connectivity index (χ2n) is 5.67. The Bertz CT molecular complexity index is 541. The Morgan fingerprint density at radius 1 is 1.32 bits per heavy atom. The van der Waals surface area contributed by atoms with Crippen molar-refractivity contribution in [1.82, 2.24) is 15.5 Å². The van der Waals surface area contributed by atoms with Crippen LogP contribution in [0, 0.1) is 5.82 Å². The van der Waals surface area contributed by atoms with Crippen molar-refractivity contribution >= 4 is 45.9 Å². The van der Waals surface area contributed by atoms with E-state index in [-0.39, 0.29) is 29.8 Å². The van der Waals surface area contributed by atoms with Crippen LogP contribution in [0.25, 0.3) is 0 Å². The van der Waals surface area contributed by atoms with E-state index in [9.17, 15) is 4.39 Å². The number of nitrogens with zero attached hydrogens (tertiary/aromatic N) is 2. The number of morpholine rings is 1. The lowest BCUT2D eigenvalue weighted by Crippen LogP contribution is -2.40. The van der Waals surface area contributed by atoms with E-state index in [0.29, 0.717) is 6.54 Å². The minimum Gasteiger partial charge on any atom is -0.379 e. The first-order valence-corrected chi connectivity index (χ1v) is 9.24. The predicted octanol–water partition coefficient (Wildman–Crippen LogP) is 2.98. The lowest BCUT2D eigenvalue weighted by molar-refractivity contribution is 0.0376. The van der Waals surface area contributed by atoms with Crippen LogP contribution < -0.4 is 10.6 Å². The summed E-state index contributed by atoms with van der Waals surface area (Å²) in [7, 11) is 0. The Hall–Kier alpha value is -0.450. The summed E-state index contributed by atoms with van der Waals surface area (Å²) in [5.74, 6) is 0.516. The first-order valence-electron chi connectivity index (χ1n) is 8.45. The van der Waals surface area contributed by atoms with Crippen LogP contribution >= 0.6 is 39.9 Å². The molecule has 8 heteroatoms. The molecule has 0 saturated carbocycles. The third-order valence-corrected chi connectivity index (χ3v) is 4.58. The third-order valence-electron chi connectivity index (χ3n) is 3.81. The highest BCUT2D eigenvalue weighted by Gasteiger charge is 2.09. The van der Waals surface area contributed by atoms with Crippen molar-refractivity contribution < 1.29 is 9.13 Å². The molecule has 1 saturated heterocycles. The van der Waals surface area contributed by atoms with Gasteiger partial charge in [-0.1, -0.05) is 15.9 Å². The van der Waals surface area contributed by atoms with E-state index < -0.39 is 0 Å². The largest absolute Gasteiger partial charge is 0.379 e. The van der Waals surface area contributed by atoms with Crippen LogP contribution in [0.4, 0.5) is 4.39 Å². The molecular weight excluding hydrogens is 502 g/mol. The fourth-order valence-corrected chi connectivity index (χ4v) is 2.88. The number of rotatable bonds is 7. The van der Waals surface area contributed by atoms with Crippen LogP contribution in [-0.4, -0.2) is 56.8 Å². The maximum atomic E-state index is 13.3. The van der Waals surface area contributed by atoms with E-state index in [1.807, 2.05) is 6.92 Å². The summed E-state index contributed by atoms with van der Waals surface area (Å²) in [6.07, 6.45) is 1.05. The summed E-state index contributed by atoms with van der Waals surface area (Å²) in [6, 6.07) is 4.66. The minimum atomic E-state index is -0.244. The van der Waals surface area contributed by atoms with Gasteiger partial charge >= 0.3 is 0 Å². The van der Waals surface area contributed by atoms with Gasteiger partial charge in [-0.25, -0.2) is 9.38 Å². The highest BCUT2D eigenvalue weighted by Crippen LogP contribution is 2.18. The minimum absolute atomic E-state index is 0. The molecule has 0 unspecified atom stereocenters. The average Bonchev–Trinajstić information content (AvgIpc) is 2.60. The standard InChI is InChI=1S/C17H26BrFN4O.HI/c1-2-20-17(21-6-3-7-23-8-10-24-11-9-23)22-13-14-12-15(19)4-5-16(14)18;/h4-5,12H,2-3,6-11,13H2,1H3,(H2,20,21,22);1H. The van der Waals surface area contributed by atoms with Gasteiger partial charge in [-0.2, -0.15) is 0 Å². The quantitative estimate of drug-likeness (QED) is 0.247. The van der Waals surface area contributed by atoms with Gasteiger partial charge in [-0.3, -0.25) is 4.90 Å². The van der Waals surface area contributed by atoms with E-state index in [1.54, 1.807) is 6.07 Å². The monoisotopic (exact) mass is 528 g/mol. The highest BCUT2D eigenvalue weighted by molar-refractivity contribution is 14.0. The number of nitrogens with one attached hydrogen (secondary N) is 2. The maximum absolute atomic E-state index is 13.3. The van der Waals surface area contributed by atoms with Crippen LogP contribution in [0.2, 0.25) is 0 Å². The molecule has 0 radical (unpaired) electrons. The third kappa shape index (κ3) is 8.65. The molecule has 2 rings (SSSR count). The molecule has 1 aromatic carbocycles. The van der Waals surface area contributed by atoms with E-state index in [2.05, 4.69) is 36.5 Å². The van der Waals surface area contributed by atoms with E-state index in [1.165, 1.54) is 12.1 Å². The van der Waals surface area contributed by atoms with Gasteiger partial charge in [-0.15, -0.1) is 24.0 Å². The summed E-state index contributed by atoms with van der Waals surface area (Å²) < 4.78 is 19.6. The normalized spacial score (nSPS) is 15.6. The molecule has 0 atom stereocenters. The number of hydrogen-bond acceptors (Lipinski definition) is 3. The molecule has 1 aromatic rings. The van der Waals surface area contributed by atoms with Crippen molar-refractivity contribution in [2.45, 2.75) is 19.9 Å². The Morgan fingerprint density at radius 3 is 2.80 bits per heavy atom. The zero-order valence-corrected chi connectivity index (χ0v) is 18.5. The van der Waals surface area contributed by atoms with Gasteiger partial charge < -0.3 is 15.4 Å². The molecule has 0 spiro atoms. The van der Waals surface area contributed by atoms with E-state index in [4.69, 9.17) is 4.74 Å². The number of aliphatic imine (C=N–C) groups is 1. The van der Waals surface area contributed by atoms with Crippen molar-refractivity contribution in [3.63, 3.8) is 0 Å². The zero-order chi connectivity index (χ0) is 17.2. The molecule has 142 valence electrons. The SMILES string of the molecule is CCNC(=NCc1cc(F)ccc1Br)NCCCN1CCOCC1.I. The Labute approximate surface area is 174 Å². The summed E-state index contributed by atoms with van der Waals surface area (Å²) in [4.78, 5) is 6.95. The second kappa shape index (κ2) is 12.8. The number of hydrogen-bond donors (Lipinski definition) is 2. The van der Waals surface area contributed by atoms with E-state index in [0.717, 1.165) is 68.4 Å². The fraction of sp³-hybridized carbons (Fsp3) is 0.588. The van der Waals surface area contributed by atoms with Crippen molar-refractivity contribution in [3.8, 4) is 0 Å². The van der Waals surface area contributed by atoms with Gasteiger partial charge in [0, 0.05) is 30.7 Å². The molecule has 2 N–H and O–H groups in total. The highest BCUT2D eigenvalue weighted by atomic mass is 127. The summed E-state index contributed by atoms with van der Waals surface area (Å²) in [6.45, 7) is 8.86. The Balaban J connectivity index is 0.00000312. The van der Waals surface area contributed by atoms with Gasteiger partial charge in [0.05, 0.1) is 19.8 Å². The topological polar surface area (TPSA) is 48.9 Å². The van der Waals surface area contributed by atoms with Crippen molar-refractivity contribution in [2.24, 2.45) is 4.99 Å². The van der Waals surface area contributed by atoms with Crippen LogP contribution in [0.3, 0.4) is 0 Å². The maximum Gasteiger partial charge on any atom is 0.191 e. The molecule has 0 bridgehead atoms.